The Labute approximate surface area is 103 Å². The molecule has 0 aliphatic carbocycles. The smallest absolute Gasteiger partial charge is 0.247 e. The molecule has 0 saturated heterocycles. The van der Waals surface area contributed by atoms with Gasteiger partial charge in [-0.25, -0.2) is 9.97 Å². The summed E-state index contributed by atoms with van der Waals surface area (Å²) in [5.74, 6) is 0.568. The van der Waals surface area contributed by atoms with Gasteiger partial charge in [-0.2, -0.15) is 0 Å². The summed E-state index contributed by atoms with van der Waals surface area (Å²) in [7, 11) is 0. The lowest BCUT2D eigenvalue weighted by Crippen LogP contribution is -1.78. The number of halogens is 1. The second-order valence-corrected chi connectivity index (χ2v) is 4.30. The topological polar surface area (TPSA) is 38.9 Å². The van der Waals surface area contributed by atoms with Crippen molar-refractivity contribution in [3.05, 3.63) is 47.1 Å². The molecule has 17 heavy (non-hydrogen) atoms. The van der Waals surface area contributed by atoms with Crippen molar-refractivity contribution in [3.8, 4) is 11.5 Å². The first-order valence-electron chi connectivity index (χ1n) is 5.21. The lowest BCUT2D eigenvalue weighted by molar-refractivity contribution is 0.608. The fourth-order valence-electron chi connectivity index (χ4n) is 1.70. The Balaban J connectivity index is 2.18. The van der Waals surface area contributed by atoms with Crippen molar-refractivity contribution in [1.29, 1.82) is 0 Å². The van der Waals surface area contributed by atoms with Crippen molar-refractivity contribution in [2.75, 3.05) is 0 Å². The van der Waals surface area contributed by atoms with E-state index in [1.54, 1.807) is 12.3 Å². The number of benzene rings is 1. The van der Waals surface area contributed by atoms with Crippen LogP contribution in [-0.4, -0.2) is 9.97 Å². The minimum atomic E-state index is 0.505. The van der Waals surface area contributed by atoms with Crippen LogP contribution in [0.3, 0.4) is 0 Å². The van der Waals surface area contributed by atoms with E-state index in [1.807, 2.05) is 31.2 Å². The van der Waals surface area contributed by atoms with Crippen molar-refractivity contribution in [2.45, 2.75) is 6.92 Å². The quantitative estimate of drug-likeness (QED) is 0.653. The Morgan fingerprint density at radius 3 is 2.94 bits per heavy atom. The molecule has 0 unspecified atom stereocenters. The molecule has 0 amide bonds. The van der Waals surface area contributed by atoms with Gasteiger partial charge in [0, 0.05) is 11.8 Å². The van der Waals surface area contributed by atoms with E-state index >= 15 is 0 Å². The molecule has 3 nitrogen and oxygen atoms in total. The van der Waals surface area contributed by atoms with E-state index in [9.17, 15) is 0 Å². The van der Waals surface area contributed by atoms with Gasteiger partial charge in [-0.15, -0.1) is 0 Å². The van der Waals surface area contributed by atoms with E-state index in [-0.39, 0.29) is 0 Å². The molecule has 3 aromatic rings. The van der Waals surface area contributed by atoms with Crippen molar-refractivity contribution in [1.82, 2.24) is 9.97 Å². The first-order chi connectivity index (χ1) is 8.22. The van der Waals surface area contributed by atoms with Gasteiger partial charge < -0.3 is 4.42 Å². The number of nitrogens with zero attached hydrogens (tertiary/aromatic N) is 2. The molecule has 2 aromatic heterocycles. The Morgan fingerprint density at radius 2 is 2.12 bits per heavy atom. The Kier molecular flexibility index (Phi) is 2.34. The third kappa shape index (κ3) is 1.89. The summed E-state index contributed by atoms with van der Waals surface area (Å²) >= 11 is 5.86. The summed E-state index contributed by atoms with van der Waals surface area (Å²) < 4.78 is 5.58. The first-order valence-corrected chi connectivity index (χ1v) is 5.59. The standard InChI is InChI=1S/C13H9ClN2O/c1-8-3-2-4-9(5-8)12-16-11-6-10(14)7-15-13(11)17-12/h2-7H,1H3. The second kappa shape index (κ2) is 3.86. The molecule has 4 heteroatoms. The van der Waals surface area contributed by atoms with Gasteiger partial charge in [0.25, 0.3) is 0 Å². The van der Waals surface area contributed by atoms with Crippen LogP contribution in [0, 0.1) is 6.92 Å². The van der Waals surface area contributed by atoms with E-state index in [2.05, 4.69) is 9.97 Å². The van der Waals surface area contributed by atoms with Gasteiger partial charge >= 0.3 is 0 Å². The molecule has 0 spiro atoms. The van der Waals surface area contributed by atoms with Crippen LogP contribution >= 0.6 is 11.6 Å². The highest BCUT2D eigenvalue weighted by Gasteiger charge is 2.09. The highest BCUT2D eigenvalue weighted by atomic mass is 35.5. The molecule has 3 rings (SSSR count). The number of hydrogen-bond acceptors (Lipinski definition) is 3. The molecule has 0 fully saturated rings. The second-order valence-electron chi connectivity index (χ2n) is 3.87. The summed E-state index contributed by atoms with van der Waals surface area (Å²) in [6.07, 6.45) is 1.55. The first kappa shape index (κ1) is 10.3. The van der Waals surface area contributed by atoms with Crippen LogP contribution in [0.25, 0.3) is 22.7 Å². The van der Waals surface area contributed by atoms with Crippen LogP contribution in [0.2, 0.25) is 5.02 Å². The van der Waals surface area contributed by atoms with Crippen LogP contribution < -0.4 is 0 Å². The van der Waals surface area contributed by atoms with Gasteiger partial charge in [0.1, 0.15) is 5.52 Å². The SMILES string of the molecule is Cc1cccc(-c2nc3cc(Cl)cnc3o2)c1. The minimum absolute atomic E-state index is 0.505. The lowest BCUT2D eigenvalue weighted by Gasteiger charge is -1.95. The van der Waals surface area contributed by atoms with Gasteiger partial charge in [0.2, 0.25) is 11.6 Å². The zero-order chi connectivity index (χ0) is 11.8. The molecule has 0 saturated carbocycles. The third-order valence-corrected chi connectivity index (χ3v) is 2.69. The van der Waals surface area contributed by atoms with Crippen LogP contribution in [0.5, 0.6) is 0 Å². The highest BCUT2D eigenvalue weighted by molar-refractivity contribution is 6.30. The predicted molar refractivity (Wildman–Crippen MR) is 67.0 cm³/mol. The van der Waals surface area contributed by atoms with E-state index in [0.717, 1.165) is 11.1 Å². The van der Waals surface area contributed by atoms with E-state index in [4.69, 9.17) is 16.0 Å². The van der Waals surface area contributed by atoms with Crippen molar-refractivity contribution in [2.24, 2.45) is 0 Å². The molecule has 0 aliphatic heterocycles. The van der Waals surface area contributed by atoms with Crippen LogP contribution in [0.1, 0.15) is 5.56 Å². The fraction of sp³-hybridized carbons (Fsp3) is 0.0769. The predicted octanol–water partition coefficient (Wildman–Crippen LogP) is 3.85. The number of rotatable bonds is 1. The molecular formula is C13H9ClN2O. The van der Waals surface area contributed by atoms with Crippen LogP contribution in [0.4, 0.5) is 0 Å². The third-order valence-electron chi connectivity index (χ3n) is 2.48. The zero-order valence-electron chi connectivity index (χ0n) is 9.14. The summed E-state index contributed by atoms with van der Waals surface area (Å²) in [5, 5.41) is 0.557. The monoisotopic (exact) mass is 244 g/mol. The summed E-state index contributed by atoms with van der Waals surface area (Å²) in [5.41, 5.74) is 3.29. The van der Waals surface area contributed by atoms with Gasteiger partial charge in [-0.05, 0) is 25.1 Å². The molecule has 0 atom stereocenters. The van der Waals surface area contributed by atoms with Crippen LogP contribution in [0.15, 0.2) is 40.9 Å². The fourth-order valence-corrected chi connectivity index (χ4v) is 1.85. The Hall–Kier alpha value is -1.87. The molecule has 84 valence electrons. The number of pyridine rings is 1. The lowest BCUT2D eigenvalue weighted by atomic mass is 10.1. The molecule has 0 N–H and O–H groups in total. The minimum Gasteiger partial charge on any atom is -0.418 e. The molecule has 1 aromatic carbocycles. The van der Waals surface area contributed by atoms with Gasteiger partial charge in [0.15, 0.2) is 0 Å². The van der Waals surface area contributed by atoms with Gasteiger partial charge in [-0.1, -0.05) is 29.3 Å². The van der Waals surface area contributed by atoms with Gasteiger partial charge in [-0.3, -0.25) is 0 Å². The maximum absolute atomic E-state index is 5.86. The number of aryl methyl sites for hydroxylation is 1. The highest BCUT2D eigenvalue weighted by Crippen LogP contribution is 2.24. The van der Waals surface area contributed by atoms with E-state index in [0.29, 0.717) is 22.1 Å². The average Bonchev–Trinajstić information content (AvgIpc) is 2.72. The summed E-state index contributed by atoms with van der Waals surface area (Å²) in [6.45, 7) is 2.03. The van der Waals surface area contributed by atoms with E-state index in [1.165, 1.54) is 0 Å². The largest absolute Gasteiger partial charge is 0.418 e. The number of oxazole rings is 1. The van der Waals surface area contributed by atoms with Crippen molar-refractivity contribution < 1.29 is 4.42 Å². The Bertz CT molecular complexity index is 691. The number of hydrogen-bond donors (Lipinski definition) is 0. The molecular weight excluding hydrogens is 236 g/mol. The van der Waals surface area contributed by atoms with Crippen molar-refractivity contribution in [3.63, 3.8) is 0 Å². The molecule has 0 radical (unpaired) electrons. The maximum atomic E-state index is 5.86. The molecule has 0 bridgehead atoms. The molecule has 2 heterocycles. The summed E-state index contributed by atoms with van der Waals surface area (Å²) in [4.78, 5) is 8.46. The maximum Gasteiger partial charge on any atom is 0.247 e. The molecule has 0 aliphatic rings. The Morgan fingerprint density at radius 1 is 1.24 bits per heavy atom. The number of fused-ring (bicyclic) bond motifs is 1. The van der Waals surface area contributed by atoms with Gasteiger partial charge in [0.05, 0.1) is 5.02 Å². The normalized spacial score (nSPS) is 10.9. The van der Waals surface area contributed by atoms with E-state index < -0.39 is 0 Å². The number of aromatic nitrogens is 2. The zero-order valence-corrected chi connectivity index (χ0v) is 9.90. The average molecular weight is 245 g/mol. The van der Waals surface area contributed by atoms with Crippen LogP contribution in [-0.2, 0) is 0 Å². The van der Waals surface area contributed by atoms with Crippen molar-refractivity contribution >= 4 is 22.8 Å². The summed E-state index contributed by atoms with van der Waals surface area (Å²) in [6, 6.07) is 9.72.